The Kier molecular flexibility index (Phi) is 3.31. The first kappa shape index (κ1) is 12.7. The van der Waals surface area contributed by atoms with Crippen LogP contribution in [0.3, 0.4) is 0 Å². The molecule has 0 bridgehead atoms. The number of nitrogens with one attached hydrogen (secondary N) is 1. The quantitative estimate of drug-likeness (QED) is 0.719. The zero-order chi connectivity index (χ0) is 13.4. The first-order valence-corrected chi connectivity index (χ1v) is 7.14. The lowest BCUT2D eigenvalue weighted by Crippen LogP contribution is -1.96. The lowest BCUT2D eigenvalue weighted by molar-refractivity contribution is 1.23. The van der Waals surface area contributed by atoms with Crippen molar-refractivity contribution in [3.05, 3.63) is 45.5 Å². The van der Waals surface area contributed by atoms with E-state index in [2.05, 4.69) is 15.3 Å². The van der Waals surface area contributed by atoms with Gasteiger partial charge in [-0.05, 0) is 25.1 Å². The van der Waals surface area contributed by atoms with Crippen molar-refractivity contribution in [2.45, 2.75) is 6.92 Å². The Hall–Kier alpha value is -1.36. The molecule has 0 fully saturated rings. The highest BCUT2D eigenvalue weighted by Crippen LogP contribution is 2.35. The minimum atomic E-state index is 0.561. The summed E-state index contributed by atoms with van der Waals surface area (Å²) in [4.78, 5) is 10.6. The second-order valence-corrected chi connectivity index (χ2v) is 6.07. The van der Waals surface area contributed by atoms with Crippen molar-refractivity contribution in [1.82, 2.24) is 9.97 Å². The molecule has 0 atom stereocenters. The van der Waals surface area contributed by atoms with E-state index in [9.17, 15) is 0 Å². The number of hydrogen-bond acceptors (Lipinski definition) is 4. The van der Waals surface area contributed by atoms with E-state index >= 15 is 0 Å². The Balaban J connectivity index is 2.11. The van der Waals surface area contributed by atoms with Gasteiger partial charge in [-0.25, -0.2) is 9.97 Å². The summed E-state index contributed by atoms with van der Waals surface area (Å²) >= 11 is 13.9. The lowest BCUT2D eigenvalue weighted by atomic mass is 10.3. The number of anilines is 2. The summed E-state index contributed by atoms with van der Waals surface area (Å²) < 4.78 is 0. The van der Waals surface area contributed by atoms with Crippen molar-refractivity contribution >= 4 is 56.3 Å². The third-order valence-corrected chi connectivity index (χ3v) is 4.25. The van der Waals surface area contributed by atoms with Crippen LogP contribution in [0.2, 0.25) is 10.0 Å². The van der Waals surface area contributed by atoms with Gasteiger partial charge in [-0.3, -0.25) is 0 Å². The van der Waals surface area contributed by atoms with E-state index in [1.807, 2.05) is 13.0 Å². The highest BCUT2D eigenvalue weighted by Gasteiger charge is 2.10. The van der Waals surface area contributed by atoms with Crippen LogP contribution in [0.15, 0.2) is 30.6 Å². The number of thiophene rings is 1. The van der Waals surface area contributed by atoms with Crippen LogP contribution in [0.4, 0.5) is 11.5 Å². The monoisotopic (exact) mass is 309 g/mol. The molecular weight excluding hydrogens is 301 g/mol. The molecule has 0 saturated heterocycles. The molecule has 0 amide bonds. The van der Waals surface area contributed by atoms with E-state index in [1.165, 1.54) is 11.2 Å². The van der Waals surface area contributed by atoms with Gasteiger partial charge in [-0.15, -0.1) is 11.3 Å². The molecule has 0 spiro atoms. The maximum absolute atomic E-state index is 6.15. The van der Waals surface area contributed by atoms with Crippen LogP contribution >= 0.6 is 34.5 Å². The molecule has 0 aliphatic heterocycles. The van der Waals surface area contributed by atoms with Crippen LogP contribution in [0, 0.1) is 6.92 Å². The first-order valence-electron chi connectivity index (χ1n) is 5.57. The lowest BCUT2D eigenvalue weighted by Gasteiger charge is -2.09. The van der Waals surface area contributed by atoms with Crippen LogP contribution in [0.1, 0.15) is 4.88 Å². The third kappa shape index (κ3) is 2.39. The highest BCUT2D eigenvalue weighted by atomic mass is 35.5. The van der Waals surface area contributed by atoms with Crippen LogP contribution in [0.25, 0.3) is 10.2 Å². The van der Waals surface area contributed by atoms with Crippen LogP contribution < -0.4 is 5.32 Å². The van der Waals surface area contributed by atoms with Gasteiger partial charge in [0.2, 0.25) is 0 Å². The second-order valence-electron chi connectivity index (χ2n) is 4.02. The fourth-order valence-corrected chi connectivity index (χ4v) is 3.15. The topological polar surface area (TPSA) is 37.8 Å². The normalized spacial score (nSPS) is 10.9. The molecule has 0 aliphatic carbocycles. The largest absolute Gasteiger partial charge is 0.337 e. The maximum Gasteiger partial charge on any atom is 0.142 e. The number of aryl methyl sites for hydroxylation is 1. The molecule has 3 aromatic rings. The minimum Gasteiger partial charge on any atom is -0.337 e. The van der Waals surface area contributed by atoms with E-state index in [0.717, 1.165) is 10.2 Å². The van der Waals surface area contributed by atoms with E-state index in [0.29, 0.717) is 21.6 Å². The zero-order valence-corrected chi connectivity index (χ0v) is 12.3. The van der Waals surface area contributed by atoms with Gasteiger partial charge in [0.25, 0.3) is 0 Å². The number of benzene rings is 1. The average Bonchev–Trinajstić information content (AvgIpc) is 2.75. The Bertz CT molecular complexity index is 734. The van der Waals surface area contributed by atoms with Crippen molar-refractivity contribution in [3.63, 3.8) is 0 Å². The standard InChI is InChI=1S/C13H9Cl2N3S/c1-7-5-8-12(16-6-17-13(8)19-7)18-11-9(14)3-2-4-10(11)15/h2-6H,1H3,(H,16,17,18). The molecular formula is C13H9Cl2N3S. The maximum atomic E-state index is 6.15. The Morgan fingerprint density at radius 1 is 1.16 bits per heavy atom. The van der Waals surface area contributed by atoms with Gasteiger partial charge in [-0.2, -0.15) is 0 Å². The van der Waals surface area contributed by atoms with E-state index < -0.39 is 0 Å². The van der Waals surface area contributed by atoms with Gasteiger partial charge in [0.15, 0.2) is 0 Å². The summed E-state index contributed by atoms with van der Waals surface area (Å²) in [7, 11) is 0. The van der Waals surface area contributed by atoms with E-state index in [4.69, 9.17) is 23.2 Å². The summed E-state index contributed by atoms with van der Waals surface area (Å²) in [6, 6.07) is 7.42. The average molecular weight is 310 g/mol. The smallest absolute Gasteiger partial charge is 0.142 e. The van der Waals surface area contributed by atoms with Crippen molar-refractivity contribution in [2.24, 2.45) is 0 Å². The fourth-order valence-electron chi connectivity index (χ4n) is 1.81. The zero-order valence-electron chi connectivity index (χ0n) is 9.95. The number of rotatable bonds is 2. The van der Waals surface area contributed by atoms with E-state index in [-0.39, 0.29) is 0 Å². The number of nitrogens with zero attached hydrogens (tertiary/aromatic N) is 2. The fraction of sp³-hybridized carbons (Fsp3) is 0.0769. The first-order chi connectivity index (χ1) is 9.15. The highest BCUT2D eigenvalue weighted by molar-refractivity contribution is 7.18. The Morgan fingerprint density at radius 3 is 2.63 bits per heavy atom. The Labute approximate surface area is 124 Å². The third-order valence-electron chi connectivity index (χ3n) is 2.66. The van der Waals surface area contributed by atoms with E-state index in [1.54, 1.807) is 29.5 Å². The summed E-state index contributed by atoms with van der Waals surface area (Å²) in [5, 5.41) is 5.28. The molecule has 2 aromatic heterocycles. The van der Waals surface area contributed by atoms with Crippen LogP contribution in [-0.2, 0) is 0 Å². The van der Waals surface area contributed by atoms with Crippen LogP contribution in [0.5, 0.6) is 0 Å². The number of halogens is 2. The van der Waals surface area contributed by atoms with Crippen molar-refractivity contribution < 1.29 is 0 Å². The molecule has 0 saturated carbocycles. The minimum absolute atomic E-state index is 0.561. The van der Waals surface area contributed by atoms with Crippen LogP contribution in [-0.4, -0.2) is 9.97 Å². The number of hydrogen-bond donors (Lipinski definition) is 1. The van der Waals surface area contributed by atoms with Crippen molar-refractivity contribution in [2.75, 3.05) is 5.32 Å². The SMILES string of the molecule is Cc1cc2c(Nc3c(Cl)cccc3Cl)ncnc2s1. The van der Waals surface area contributed by atoms with Gasteiger partial charge in [0.05, 0.1) is 21.1 Å². The summed E-state index contributed by atoms with van der Waals surface area (Å²) in [6.07, 6.45) is 1.53. The summed E-state index contributed by atoms with van der Waals surface area (Å²) in [5.41, 5.74) is 0.662. The molecule has 1 N–H and O–H groups in total. The molecule has 96 valence electrons. The van der Waals surface area contributed by atoms with Gasteiger partial charge < -0.3 is 5.32 Å². The molecule has 19 heavy (non-hydrogen) atoms. The van der Waals surface area contributed by atoms with Gasteiger partial charge in [0.1, 0.15) is 17.0 Å². The molecule has 6 heteroatoms. The molecule has 0 aliphatic rings. The molecule has 0 unspecified atom stereocenters. The number of para-hydroxylation sites is 1. The number of fused-ring (bicyclic) bond motifs is 1. The second kappa shape index (κ2) is 4.96. The molecule has 1 aromatic carbocycles. The predicted molar refractivity (Wildman–Crippen MR) is 81.9 cm³/mol. The molecule has 3 rings (SSSR count). The molecule has 3 nitrogen and oxygen atoms in total. The molecule has 0 radical (unpaired) electrons. The van der Waals surface area contributed by atoms with Crippen molar-refractivity contribution in [3.8, 4) is 0 Å². The van der Waals surface area contributed by atoms with Gasteiger partial charge in [0, 0.05) is 4.88 Å². The van der Waals surface area contributed by atoms with Gasteiger partial charge >= 0.3 is 0 Å². The summed E-state index contributed by atoms with van der Waals surface area (Å²) in [6.45, 7) is 2.04. The Morgan fingerprint density at radius 2 is 1.89 bits per heavy atom. The molecule has 2 heterocycles. The predicted octanol–water partition coefficient (Wildman–Crippen LogP) is 5.05. The van der Waals surface area contributed by atoms with Crippen molar-refractivity contribution in [1.29, 1.82) is 0 Å². The summed E-state index contributed by atoms with van der Waals surface area (Å²) in [5.74, 6) is 0.712. The van der Waals surface area contributed by atoms with Gasteiger partial charge in [-0.1, -0.05) is 29.3 Å². The number of aromatic nitrogens is 2.